The summed E-state index contributed by atoms with van der Waals surface area (Å²) >= 11 is 0. The Hall–Kier alpha value is -3.28. The first-order chi connectivity index (χ1) is 11.3. The van der Waals surface area contributed by atoms with E-state index < -0.39 is 0 Å². The lowest BCUT2D eigenvalue weighted by atomic mass is 10.2. The van der Waals surface area contributed by atoms with Crippen molar-refractivity contribution >= 4 is 11.2 Å². The fourth-order valence-electron chi connectivity index (χ4n) is 2.53. The number of imidazole rings is 1. The molecule has 0 aliphatic rings. The molecule has 0 saturated carbocycles. The molecule has 4 rings (SSSR count). The van der Waals surface area contributed by atoms with Crippen LogP contribution >= 0.6 is 0 Å². The molecular weight excluding hydrogens is 288 g/mol. The summed E-state index contributed by atoms with van der Waals surface area (Å²) in [5.74, 6) is 0.714. The van der Waals surface area contributed by atoms with E-state index in [1.54, 1.807) is 18.7 Å². The van der Waals surface area contributed by atoms with Crippen molar-refractivity contribution in [2.24, 2.45) is 0 Å². The number of aromatic amines is 1. The fourth-order valence-corrected chi connectivity index (χ4v) is 2.53. The van der Waals surface area contributed by atoms with Crippen molar-refractivity contribution in [2.45, 2.75) is 6.54 Å². The van der Waals surface area contributed by atoms with Gasteiger partial charge in [-0.3, -0.25) is 10.4 Å². The minimum absolute atomic E-state index is 0.192. The maximum Gasteiger partial charge on any atom is 0.173 e. The van der Waals surface area contributed by atoms with Crippen LogP contribution in [0, 0.1) is 5.41 Å². The number of rotatable bonds is 3. The molecule has 112 valence electrons. The van der Waals surface area contributed by atoms with Gasteiger partial charge in [0.2, 0.25) is 0 Å². The molecule has 3 aromatic heterocycles. The molecule has 2 N–H and O–H groups in total. The number of nitrogens with zero attached hydrogens (tertiary/aromatic N) is 4. The van der Waals surface area contributed by atoms with Crippen molar-refractivity contribution in [2.75, 3.05) is 0 Å². The van der Waals surface area contributed by atoms with Crippen LogP contribution in [0.1, 0.15) is 5.56 Å². The maximum atomic E-state index is 8.01. The molecule has 0 aliphatic heterocycles. The van der Waals surface area contributed by atoms with Gasteiger partial charge >= 0.3 is 0 Å². The summed E-state index contributed by atoms with van der Waals surface area (Å²) in [5.41, 5.74) is 3.64. The number of pyridine rings is 1. The predicted octanol–water partition coefficient (Wildman–Crippen LogP) is 2.35. The van der Waals surface area contributed by atoms with Gasteiger partial charge in [0.25, 0.3) is 0 Å². The molecule has 1 aromatic carbocycles. The highest BCUT2D eigenvalue weighted by Crippen LogP contribution is 2.18. The van der Waals surface area contributed by atoms with E-state index >= 15 is 0 Å². The standard InChI is InChI=1S/C17H14N6/c18-15-14-17(22-16(21-14)13-6-8-19-9-7-13)23(11-20-15)10-12-4-2-1-3-5-12/h1-9,11,18H,10H2,(H,21,22). The van der Waals surface area contributed by atoms with E-state index in [-0.39, 0.29) is 5.49 Å². The molecule has 6 nitrogen and oxygen atoms in total. The first kappa shape index (κ1) is 13.4. The molecule has 0 bridgehead atoms. The Morgan fingerprint density at radius 3 is 2.61 bits per heavy atom. The van der Waals surface area contributed by atoms with Crippen LogP contribution in [-0.4, -0.2) is 24.5 Å². The molecule has 0 radical (unpaired) electrons. The van der Waals surface area contributed by atoms with Crippen molar-refractivity contribution in [3.05, 3.63) is 72.2 Å². The van der Waals surface area contributed by atoms with E-state index in [0.717, 1.165) is 16.8 Å². The molecule has 0 amide bonds. The van der Waals surface area contributed by atoms with Gasteiger partial charge in [-0.2, -0.15) is 0 Å². The maximum absolute atomic E-state index is 8.01. The van der Waals surface area contributed by atoms with E-state index in [4.69, 9.17) is 5.41 Å². The number of aromatic nitrogens is 5. The van der Waals surface area contributed by atoms with Gasteiger partial charge in [0, 0.05) is 18.0 Å². The summed E-state index contributed by atoms with van der Waals surface area (Å²) in [6.07, 6.45) is 5.11. The summed E-state index contributed by atoms with van der Waals surface area (Å²) in [6, 6.07) is 13.9. The van der Waals surface area contributed by atoms with Gasteiger partial charge in [-0.05, 0) is 17.7 Å². The van der Waals surface area contributed by atoms with E-state index in [1.807, 2.05) is 34.9 Å². The first-order valence-corrected chi connectivity index (χ1v) is 7.25. The topological polar surface area (TPSA) is 83.2 Å². The van der Waals surface area contributed by atoms with Crippen LogP contribution in [0.5, 0.6) is 0 Å². The van der Waals surface area contributed by atoms with Crippen LogP contribution in [0.4, 0.5) is 0 Å². The van der Waals surface area contributed by atoms with Gasteiger partial charge < -0.3 is 9.55 Å². The fraction of sp³-hybridized carbons (Fsp3) is 0.0588. The lowest BCUT2D eigenvalue weighted by molar-refractivity contribution is 0.784. The minimum atomic E-state index is 0.192. The summed E-state index contributed by atoms with van der Waals surface area (Å²) in [5, 5.41) is 8.01. The summed E-state index contributed by atoms with van der Waals surface area (Å²) in [6.45, 7) is 0.658. The number of H-pyrrole nitrogens is 1. The molecule has 23 heavy (non-hydrogen) atoms. The molecule has 0 fully saturated rings. The Balaban J connectivity index is 1.85. The molecule has 0 spiro atoms. The Bertz CT molecular complexity index is 1000. The van der Waals surface area contributed by atoms with Gasteiger partial charge in [-0.15, -0.1) is 0 Å². The third-order valence-corrected chi connectivity index (χ3v) is 3.67. The largest absolute Gasteiger partial charge is 0.334 e. The number of fused-ring (bicyclic) bond motifs is 1. The van der Waals surface area contributed by atoms with Crippen molar-refractivity contribution in [1.82, 2.24) is 24.5 Å². The van der Waals surface area contributed by atoms with E-state index in [0.29, 0.717) is 17.9 Å². The van der Waals surface area contributed by atoms with E-state index in [1.165, 1.54) is 0 Å². The zero-order valence-corrected chi connectivity index (χ0v) is 12.3. The van der Waals surface area contributed by atoms with Crippen molar-refractivity contribution in [1.29, 1.82) is 5.41 Å². The molecule has 3 heterocycles. The number of benzene rings is 1. The predicted molar refractivity (Wildman–Crippen MR) is 86.5 cm³/mol. The second-order valence-electron chi connectivity index (χ2n) is 5.23. The molecule has 0 unspecified atom stereocenters. The smallest absolute Gasteiger partial charge is 0.173 e. The van der Waals surface area contributed by atoms with Gasteiger partial charge in [0.05, 0.1) is 12.9 Å². The van der Waals surface area contributed by atoms with E-state index in [9.17, 15) is 0 Å². The van der Waals surface area contributed by atoms with Crippen LogP contribution in [0.25, 0.3) is 22.6 Å². The molecule has 0 aliphatic carbocycles. The van der Waals surface area contributed by atoms with Gasteiger partial charge in [0.1, 0.15) is 11.3 Å². The number of hydrogen-bond acceptors (Lipinski definition) is 4. The molecule has 0 saturated heterocycles. The van der Waals surface area contributed by atoms with Crippen LogP contribution in [0.15, 0.2) is 61.2 Å². The van der Waals surface area contributed by atoms with Crippen LogP contribution in [0.3, 0.4) is 0 Å². The van der Waals surface area contributed by atoms with Gasteiger partial charge in [-0.1, -0.05) is 30.3 Å². The lowest BCUT2D eigenvalue weighted by Crippen LogP contribution is -2.13. The number of hydrogen-bond donors (Lipinski definition) is 2. The second kappa shape index (κ2) is 5.49. The zero-order valence-electron chi connectivity index (χ0n) is 12.3. The highest BCUT2D eigenvalue weighted by Gasteiger charge is 2.10. The van der Waals surface area contributed by atoms with Crippen LogP contribution < -0.4 is 5.49 Å². The van der Waals surface area contributed by atoms with Crippen molar-refractivity contribution < 1.29 is 0 Å². The van der Waals surface area contributed by atoms with Crippen LogP contribution in [0.2, 0.25) is 0 Å². The third-order valence-electron chi connectivity index (χ3n) is 3.67. The average molecular weight is 302 g/mol. The van der Waals surface area contributed by atoms with Crippen molar-refractivity contribution in [3.8, 4) is 11.4 Å². The second-order valence-corrected chi connectivity index (χ2v) is 5.23. The molecule has 0 atom stereocenters. The summed E-state index contributed by atoms with van der Waals surface area (Å²) in [7, 11) is 0. The normalized spacial score (nSPS) is 11.0. The highest BCUT2D eigenvalue weighted by atomic mass is 15.1. The van der Waals surface area contributed by atoms with Gasteiger partial charge in [-0.25, -0.2) is 9.97 Å². The zero-order chi connectivity index (χ0) is 15.6. The Morgan fingerprint density at radius 2 is 1.83 bits per heavy atom. The first-order valence-electron chi connectivity index (χ1n) is 7.25. The van der Waals surface area contributed by atoms with Gasteiger partial charge in [0.15, 0.2) is 11.1 Å². The quantitative estimate of drug-likeness (QED) is 0.609. The SMILES string of the molecule is N=c1ncn(Cc2ccccc2)c2nc(-c3ccncc3)[nH]c12. The molecule has 4 aromatic rings. The Labute approximate surface area is 132 Å². The Morgan fingerprint density at radius 1 is 1.04 bits per heavy atom. The van der Waals surface area contributed by atoms with E-state index in [2.05, 4.69) is 32.1 Å². The molecule has 6 heteroatoms. The lowest BCUT2D eigenvalue weighted by Gasteiger charge is -2.06. The summed E-state index contributed by atoms with van der Waals surface area (Å²) in [4.78, 5) is 16.0. The minimum Gasteiger partial charge on any atom is -0.334 e. The third kappa shape index (κ3) is 2.50. The monoisotopic (exact) mass is 302 g/mol. The Kier molecular flexibility index (Phi) is 3.20. The average Bonchev–Trinajstić information content (AvgIpc) is 3.06. The molecular formula is C17H14N6. The van der Waals surface area contributed by atoms with Crippen LogP contribution in [-0.2, 0) is 6.54 Å². The van der Waals surface area contributed by atoms with Crippen molar-refractivity contribution in [3.63, 3.8) is 0 Å². The summed E-state index contributed by atoms with van der Waals surface area (Å²) < 4.78 is 1.95. The number of nitrogens with one attached hydrogen (secondary N) is 2. The highest BCUT2D eigenvalue weighted by molar-refractivity contribution is 5.75.